The van der Waals surface area contributed by atoms with Gasteiger partial charge in [0.05, 0.1) is 5.56 Å². The monoisotopic (exact) mass is 449 g/mol. The van der Waals surface area contributed by atoms with Gasteiger partial charge in [-0.15, -0.1) is 0 Å². The number of nitrogen functional groups attached to an aromatic ring is 1. The first-order chi connectivity index (χ1) is 14.4. The Labute approximate surface area is 180 Å². The maximum atomic E-state index is 14.2. The Kier molecular flexibility index (Phi) is 5.61. The molecule has 3 aromatic rings. The van der Waals surface area contributed by atoms with Crippen LogP contribution in [0, 0.1) is 5.82 Å². The molecule has 0 saturated heterocycles. The van der Waals surface area contributed by atoms with Gasteiger partial charge in [-0.2, -0.15) is 0 Å². The molecule has 30 heavy (non-hydrogen) atoms. The molecule has 1 aromatic heterocycles. The number of nitrogens with zero attached hydrogens (tertiary/aromatic N) is 2. The summed E-state index contributed by atoms with van der Waals surface area (Å²) in [6, 6.07) is 9.13. The molecule has 1 aliphatic heterocycles. The smallest absolute Gasteiger partial charge is 0.359 e. The maximum absolute atomic E-state index is 14.2. The number of hydrogen-bond donors (Lipinski definition) is 1. The number of hydrogen-bond acceptors (Lipinski definition) is 7. The van der Waals surface area contributed by atoms with Gasteiger partial charge in [-0.25, -0.2) is 19.2 Å². The average molecular weight is 450 g/mol. The third-order valence-corrected chi connectivity index (χ3v) is 4.83. The van der Waals surface area contributed by atoms with Gasteiger partial charge >= 0.3 is 5.97 Å². The van der Waals surface area contributed by atoms with Gasteiger partial charge in [0.1, 0.15) is 36.5 Å². The molecule has 1 aliphatic rings. The molecule has 7 nitrogen and oxygen atoms in total. The topological polar surface area (TPSA) is 96.6 Å². The van der Waals surface area contributed by atoms with Crippen molar-refractivity contribution in [2.75, 3.05) is 18.9 Å². The van der Waals surface area contributed by atoms with Crippen LogP contribution in [0.2, 0.25) is 10.0 Å². The average Bonchev–Trinajstić information content (AvgIpc) is 2.74. The molecule has 0 aliphatic carbocycles. The van der Waals surface area contributed by atoms with Crippen LogP contribution in [0.15, 0.2) is 36.4 Å². The molecular formula is C20H14Cl2FN3O4. The number of carbonyl (C=O) groups is 1. The van der Waals surface area contributed by atoms with Crippen molar-refractivity contribution in [3.05, 3.63) is 63.5 Å². The van der Waals surface area contributed by atoms with Crippen molar-refractivity contribution < 1.29 is 23.4 Å². The number of esters is 1. The molecule has 0 bridgehead atoms. The van der Waals surface area contributed by atoms with Crippen molar-refractivity contribution in [2.45, 2.75) is 6.61 Å². The van der Waals surface area contributed by atoms with Crippen molar-refractivity contribution in [1.29, 1.82) is 0 Å². The van der Waals surface area contributed by atoms with Gasteiger partial charge in [0.2, 0.25) is 0 Å². The summed E-state index contributed by atoms with van der Waals surface area (Å²) in [5.74, 6) is -0.601. The van der Waals surface area contributed by atoms with Gasteiger partial charge in [0, 0.05) is 5.02 Å². The molecule has 2 N–H and O–H groups in total. The van der Waals surface area contributed by atoms with Crippen LogP contribution in [0.3, 0.4) is 0 Å². The molecule has 154 valence electrons. The maximum Gasteiger partial charge on any atom is 0.359 e. The molecule has 0 radical (unpaired) electrons. The van der Waals surface area contributed by atoms with Crippen LogP contribution in [-0.2, 0) is 11.3 Å². The Balaban J connectivity index is 1.57. The summed E-state index contributed by atoms with van der Waals surface area (Å²) in [5.41, 5.74) is 6.21. The van der Waals surface area contributed by atoms with E-state index >= 15 is 0 Å². The number of nitrogens with two attached hydrogens (primary N) is 1. The van der Waals surface area contributed by atoms with Crippen LogP contribution < -0.4 is 15.2 Å². The molecule has 0 amide bonds. The van der Waals surface area contributed by atoms with Gasteiger partial charge in [-0.3, -0.25) is 0 Å². The number of halogens is 3. The number of fused-ring (bicyclic) bond motifs is 1. The van der Waals surface area contributed by atoms with Crippen LogP contribution in [0.4, 0.5) is 10.2 Å². The highest BCUT2D eigenvalue weighted by molar-refractivity contribution is 6.35. The molecule has 0 spiro atoms. The van der Waals surface area contributed by atoms with Crippen LogP contribution >= 0.6 is 23.2 Å². The van der Waals surface area contributed by atoms with E-state index in [2.05, 4.69) is 9.97 Å². The molecular weight excluding hydrogens is 436 g/mol. The zero-order valence-corrected chi connectivity index (χ0v) is 16.8. The summed E-state index contributed by atoms with van der Waals surface area (Å²) < 4.78 is 30.5. The normalized spacial score (nSPS) is 12.5. The van der Waals surface area contributed by atoms with E-state index in [0.717, 1.165) is 6.07 Å². The predicted molar refractivity (Wildman–Crippen MR) is 108 cm³/mol. The first-order valence-corrected chi connectivity index (χ1v) is 9.52. The van der Waals surface area contributed by atoms with Gasteiger partial charge in [0.25, 0.3) is 0 Å². The number of benzene rings is 2. The summed E-state index contributed by atoms with van der Waals surface area (Å²) >= 11 is 11.9. The van der Waals surface area contributed by atoms with Crippen molar-refractivity contribution in [1.82, 2.24) is 9.97 Å². The van der Waals surface area contributed by atoms with E-state index in [-0.39, 0.29) is 39.6 Å². The molecule has 10 heteroatoms. The Bertz CT molecular complexity index is 1140. The van der Waals surface area contributed by atoms with Crippen molar-refractivity contribution in [3.63, 3.8) is 0 Å². The predicted octanol–water partition coefficient (Wildman–Crippen LogP) is 4.30. The third-order valence-electron chi connectivity index (χ3n) is 4.22. The SMILES string of the molecule is Nc1nc(-c2ccc(Cl)cc2F)nc(C(=O)OCc2ccc3c(c2)OCCO3)c1Cl. The van der Waals surface area contributed by atoms with Crippen LogP contribution in [0.5, 0.6) is 11.5 Å². The molecule has 0 saturated carbocycles. The van der Waals surface area contributed by atoms with E-state index in [9.17, 15) is 9.18 Å². The first-order valence-electron chi connectivity index (χ1n) is 8.76. The zero-order valence-electron chi connectivity index (χ0n) is 15.3. The van der Waals surface area contributed by atoms with E-state index in [1.165, 1.54) is 12.1 Å². The lowest BCUT2D eigenvalue weighted by molar-refractivity contribution is 0.0465. The Hall–Kier alpha value is -3.10. The third kappa shape index (κ3) is 4.10. The highest BCUT2D eigenvalue weighted by Crippen LogP contribution is 2.31. The zero-order chi connectivity index (χ0) is 21.3. The van der Waals surface area contributed by atoms with E-state index in [1.54, 1.807) is 18.2 Å². The standard InChI is InChI=1S/C20H14Cl2FN3O4/c21-11-2-3-12(13(23)8-11)19-25-17(16(22)18(24)26-19)20(27)30-9-10-1-4-14-15(7-10)29-6-5-28-14/h1-4,7-8H,5-6,9H2,(H2,24,25,26). The lowest BCUT2D eigenvalue weighted by Crippen LogP contribution is -2.15. The minimum absolute atomic E-state index is 0.0173. The Morgan fingerprint density at radius 3 is 2.63 bits per heavy atom. The minimum atomic E-state index is -0.834. The van der Waals surface area contributed by atoms with Crippen LogP contribution in [0.25, 0.3) is 11.4 Å². The number of ether oxygens (including phenoxy) is 3. The van der Waals surface area contributed by atoms with E-state index in [0.29, 0.717) is 30.3 Å². The van der Waals surface area contributed by atoms with Crippen molar-refractivity contribution in [2.24, 2.45) is 0 Å². The summed E-state index contributed by atoms with van der Waals surface area (Å²) in [6.45, 7) is 0.849. The Morgan fingerprint density at radius 1 is 1.10 bits per heavy atom. The lowest BCUT2D eigenvalue weighted by Gasteiger charge is -2.18. The van der Waals surface area contributed by atoms with Crippen LogP contribution in [0.1, 0.15) is 16.1 Å². The number of anilines is 1. The fourth-order valence-electron chi connectivity index (χ4n) is 2.79. The summed E-state index contributed by atoms with van der Waals surface area (Å²) in [6.07, 6.45) is 0. The molecule has 0 fully saturated rings. The molecule has 0 unspecified atom stereocenters. The fraction of sp³-hybridized carbons (Fsp3) is 0.150. The van der Waals surface area contributed by atoms with E-state index in [4.69, 9.17) is 43.1 Å². The second-order valence-electron chi connectivity index (χ2n) is 6.27. The summed E-state index contributed by atoms with van der Waals surface area (Å²) in [4.78, 5) is 20.6. The largest absolute Gasteiger partial charge is 0.486 e. The number of carbonyl (C=O) groups excluding carboxylic acids is 1. The number of aromatic nitrogens is 2. The van der Waals surface area contributed by atoms with Crippen molar-refractivity contribution >= 4 is 35.0 Å². The van der Waals surface area contributed by atoms with E-state index < -0.39 is 11.8 Å². The lowest BCUT2D eigenvalue weighted by atomic mass is 10.2. The van der Waals surface area contributed by atoms with Gasteiger partial charge in [-0.1, -0.05) is 29.3 Å². The van der Waals surface area contributed by atoms with Gasteiger partial charge < -0.3 is 19.9 Å². The molecule has 4 rings (SSSR count). The number of rotatable bonds is 4. The summed E-state index contributed by atoms with van der Waals surface area (Å²) in [5, 5.41) is 0.0255. The minimum Gasteiger partial charge on any atom is -0.486 e. The van der Waals surface area contributed by atoms with Crippen molar-refractivity contribution in [3.8, 4) is 22.9 Å². The van der Waals surface area contributed by atoms with Gasteiger partial charge in [0.15, 0.2) is 23.0 Å². The summed E-state index contributed by atoms with van der Waals surface area (Å²) in [7, 11) is 0. The molecule has 0 atom stereocenters. The van der Waals surface area contributed by atoms with Gasteiger partial charge in [-0.05, 0) is 35.9 Å². The van der Waals surface area contributed by atoms with E-state index in [1.807, 2.05) is 0 Å². The fourth-order valence-corrected chi connectivity index (χ4v) is 3.11. The molecule has 2 aromatic carbocycles. The quantitative estimate of drug-likeness (QED) is 0.592. The first kappa shape index (κ1) is 20.2. The molecule has 2 heterocycles. The highest BCUT2D eigenvalue weighted by Gasteiger charge is 2.21. The Morgan fingerprint density at radius 2 is 1.87 bits per heavy atom. The second kappa shape index (κ2) is 8.33. The van der Waals surface area contributed by atoms with Crippen LogP contribution in [-0.4, -0.2) is 29.2 Å². The highest BCUT2D eigenvalue weighted by atomic mass is 35.5. The second-order valence-corrected chi connectivity index (χ2v) is 7.09.